The lowest BCUT2D eigenvalue weighted by atomic mass is 10.1. The molecular formula is C28H23Cl2N3O3S. The predicted molar refractivity (Wildman–Crippen MR) is 148 cm³/mol. The van der Waals surface area contributed by atoms with Gasteiger partial charge in [-0.2, -0.15) is 5.10 Å². The Labute approximate surface area is 228 Å². The lowest BCUT2D eigenvalue weighted by Crippen LogP contribution is -2.33. The topological polar surface area (TPSA) is 73.2 Å². The third kappa shape index (κ3) is 5.34. The average Bonchev–Trinajstić information content (AvgIpc) is 3.60. The van der Waals surface area contributed by atoms with Crippen molar-refractivity contribution in [2.45, 2.75) is 26.4 Å². The van der Waals surface area contributed by atoms with E-state index in [2.05, 4.69) is 10.4 Å². The van der Waals surface area contributed by atoms with E-state index in [-0.39, 0.29) is 17.8 Å². The summed E-state index contributed by atoms with van der Waals surface area (Å²) in [5, 5.41) is 8.33. The number of aromatic nitrogens is 2. The van der Waals surface area contributed by atoms with E-state index in [1.54, 1.807) is 17.7 Å². The number of fused-ring (bicyclic) bond motifs is 1. The zero-order valence-electron chi connectivity index (χ0n) is 20.1. The molecule has 3 heterocycles. The van der Waals surface area contributed by atoms with Crippen molar-refractivity contribution in [3.05, 3.63) is 92.5 Å². The van der Waals surface area contributed by atoms with Crippen molar-refractivity contribution < 1.29 is 14.3 Å². The quantitative estimate of drug-likeness (QED) is 0.209. The zero-order chi connectivity index (χ0) is 26.1. The Morgan fingerprint density at radius 2 is 1.97 bits per heavy atom. The SMILES string of the molecule is CC(=O)c1ccc(-c2cc(Cl)c3c(c2)CC(CNC(=O)/C=C/c2c(C)nn(-c4ccccc4)c2Cl)O3)s1. The first-order valence-electron chi connectivity index (χ1n) is 11.7. The molecule has 0 radical (unpaired) electrons. The predicted octanol–water partition coefficient (Wildman–Crippen LogP) is 6.55. The molecule has 0 spiro atoms. The highest BCUT2D eigenvalue weighted by Crippen LogP contribution is 2.41. The fourth-order valence-electron chi connectivity index (χ4n) is 4.20. The van der Waals surface area contributed by atoms with Crippen LogP contribution in [0.5, 0.6) is 5.75 Å². The molecule has 1 aliphatic heterocycles. The number of rotatable bonds is 7. The van der Waals surface area contributed by atoms with Crippen molar-refractivity contribution in [1.29, 1.82) is 0 Å². The molecule has 188 valence electrons. The van der Waals surface area contributed by atoms with Gasteiger partial charge in [0.15, 0.2) is 5.78 Å². The number of amides is 1. The second-order valence-electron chi connectivity index (χ2n) is 8.73. The normalized spacial score (nSPS) is 14.5. The van der Waals surface area contributed by atoms with E-state index in [0.717, 1.165) is 27.4 Å². The van der Waals surface area contributed by atoms with Gasteiger partial charge in [0.05, 0.1) is 27.8 Å². The van der Waals surface area contributed by atoms with Crippen LogP contribution in [0.15, 0.2) is 60.7 Å². The number of hydrogen-bond donors (Lipinski definition) is 1. The molecule has 2 aromatic heterocycles. The van der Waals surface area contributed by atoms with Crippen LogP contribution < -0.4 is 10.1 Å². The van der Waals surface area contributed by atoms with Crippen LogP contribution in [-0.2, 0) is 11.2 Å². The summed E-state index contributed by atoms with van der Waals surface area (Å²) in [5.41, 5.74) is 4.18. The number of Topliss-reactive ketones (excluding diaryl/α,β-unsaturated/α-hetero) is 1. The highest BCUT2D eigenvalue weighted by atomic mass is 35.5. The van der Waals surface area contributed by atoms with Crippen molar-refractivity contribution in [2.75, 3.05) is 6.54 Å². The number of ether oxygens (including phenoxy) is 1. The smallest absolute Gasteiger partial charge is 0.244 e. The van der Waals surface area contributed by atoms with E-state index in [0.29, 0.717) is 39.3 Å². The second kappa shape index (κ2) is 10.5. The van der Waals surface area contributed by atoms with Gasteiger partial charge in [0, 0.05) is 28.5 Å². The lowest BCUT2D eigenvalue weighted by molar-refractivity contribution is -0.116. The van der Waals surface area contributed by atoms with Gasteiger partial charge in [-0.25, -0.2) is 4.68 Å². The molecule has 2 aromatic carbocycles. The lowest BCUT2D eigenvalue weighted by Gasteiger charge is -2.11. The van der Waals surface area contributed by atoms with E-state index >= 15 is 0 Å². The Kier molecular flexibility index (Phi) is 7.20. The molecule has 0 fully saturated rings. The minimum atomic E-state index is -0.260. The number of carbonyl (C=O) groups is 2. The first-order valence-corrected chi connectivity index (χ1v) is 13.2. The van der Waals surface area contributed by atoms with Gasteiger partial charge in [-0.1, -0.05) is 41.4 Å². The first kappa shape index (κ1) is 25.3. The van der Waals surface area contributed by atoms with Gasteiger partial charge in [0.25, 0.3) is 0 Å². The fourth-order valence-corrected chi connectivity index (χ4v) is 5.71. The number of carbonyl (C=O) groups excluding carboxylic acids is 2. The molecule has 1 N–H and O–H groups in total. The Balaban J connectivity index is 1.22. The van der Waals surface area contributed by atoms with E-state index in [1.165, 1.54) is 17.4 Å². The average molecular weight is 552 g/mol. The van der Waals surface area contributed by atoms with Gasteiger partial charge in [0.1, 0.15) is 17.0 Å². The third-order valence-corrected chi connectivity index (χ3v) is 7.92. The molecule has 9 heteroatoms. The molecule has 1 atom stereocenters. The maximum atomic E-state index is 12.5. The van der Waals surface area contributed by atoms with Crippen LogP contribution in [0.1, 0.15) is 33.4 Å². The number of ketones is 1. The second-order valence-corrected chi connectivity index (χ2v) is 10.6. The number of hydrogen-bond acceptors (Lipinski definition) is 5. The number of para-hydroxylation sites is 1. The van der Waals surface area contributed by atoms with Crippen LogP contribution in [0.3, 0.4) is 0 Å². The molecule has 37 heavy (non-hydrogen) atoms. The van der Waals surface area contributed by atoms with Crippen molar-refractivity contribution in [3.8, 4) is 21.9 Å². The van der Waals surface area contributed by atoms with E-state index < -0.39 is 0 Å². The summed E-state index contributed by atoms with van der Waals surface area (Å²) in [5.74, 6) is 0.420. The van der Waals surface area contributed by atoms with Crippen molar-refractivity contribution >= 4 is 52.3 Å². The minimum Gasteiger partial charge on any atom is -0.486 e. The van der Waals surface area contributed by atoms with Crippen LogP contribution >= 0.6 is 34.5 Å². The third-order valence-electron chi connectivity index (χ3n) is 6.04. The molecule has 5 rings (SSSR count). The standard InChI is InChI=1S/C28H23Cl2N3O3S/c1-16-22(28(30)33(32-16)20-6-4-3-5-7-20)8-11-26(35)31-15-21-13-19-12-18(14-23(29)27(19)36-21)25-10-9-24(37-25)17(2)34/h3-12,14,21H,13,15H2,1-2H3,(H,31,35)/b11-8+. The van der Waals surface area contributed by atoms with E-state index in [4.69, 9.17) is 27.9 Å². The molecule has 0 saturated carbocycles. The summed E-state index contributed by atoms with van der Waals surface area (Å²) in [4.78, 5) is 25.9. The molecule has 4 aromatic rings. The number of benzene rings is 2. The van der Waals surface area contributed by atoms with Crippen molar-refractivity contribution in [2.24, 2.45) is 0 Å². The Bertz CT molecular complexity index is 1530. The highest BCUT2D eigenvalue weighted by molar-refractivity contribution is 7.17. The number of nitrogens with one attached hydrogen (secondary N) is 1. The van der Waals surface area contributed by atoms with Crippen LogP contribution in [0.4, 0.5) is 0 Å². The van der Waals surface area contributed by atoms with Gasteiger partial charge in [0.2, 0.25) is 5.91 Å². The summed E-state index contributed by atoms with van der Waals surface area (Å²) in [6.45, 7) is 3.73. The number of nitrogens with zero attached hydrogens (tertiary/aromatic N) is 2. The molecule has 0 aliphatic carbocycles. The van der Waals surface area contributed by atoms with Crippen LogP contribution in [0.25, 0.3) is 22.2 Å². The number of thiophene rings is 1. The van der Waals surface area contributed by atoms with Gasteiger partial charge < -0.3 is 10.1 Å². The molecule has 0 bridgehead atoms. The van der Waals surface area contributed by atoms with Crippen LogP contribution in [0.2, 0.25) is 10.2 Å². The van der Waals surface area contributed by atoms with E-state index in [9.17, 15) is 9.59 Å². The monoisotopic (exact) mass is 551 g/mol. The van der Waals surface area contributed by atoms with Gasteiger partial charge in [-0.15, -0.1) is 11.3 Å². The largest absolute Gasteiger partial charge is 0.486 e. The highest BCUT2D eigenvalue weighted by Gasteiger charge is 2.26. The summed E-state index contributed by atoms with van der Waals surface area (Å²) in [6.07, 6.45) is 3.50. The van der Waals surface area contributed by atoms with Crippen LogP contribution in [-0.4, -0.2) is 34.1 Å². The number of halogens is 2. The van der Waals surface area contributed by atoms with Crippen LogP contribution in [0, 0.1) is 6.92 Å². The summed E-state index contributed by atoms with van der Waals surface area (Å²) < 4.78 is 7.67. The zero-order valence-corrected chi connectivity index (χ0v) is 22.5. The van der Waals surface area contributed by atoms with Crippen molar-refractivity contribution in [3.63, 3.8) is 0 Å². The summed E-state index contributed by atoms with van der Waals surface area (Å²) >= 11 is 14.5. The Morgan fingerprint density at radius 1 is 1.19 bits per heavy atom. The summed E-state index contributed by atoms with van der Waals surface area (Å²) in [6, 6.07) is 17.2. The Morgan fingerprint density at radius 3 is 2.70 bits per heavy atom. The summed E-state index contributed by atoms with van der Waals surface area (Å²) in [7, 11) is 0. The molecule has 1 aliphatic rings. The van der Waals surface area contributed by atoms with E-state index in [1.807, 2.05) is 61.5 Å². The van der Waals surface area contributed by atoms with Crippen molar-refractivity contribution in [1.82, 2.24) is 15.1 Å². The van der Waals surface area contributed by atoms with Gasteiger partial charge >= 0.3 is 0 Å². The molecule has 1 unspecified atom stereocenters. The molecule has 0 saturated heterocycles. The molecule has 6 nitrogen and oxygen atoms in total. The number of aryl methyl sites for hydroxylation is 1. The maximum absolute atomic E-state index is 12.5. The molecule has 1 amide bonds. The Hall–Kier alpha value is -3.39. The first-order chi connectivity index (χ1) is 17.8. The minimum absolute atomic E-state index is 0.0409. The molecular weight excluding hydrogens is 529 g/mol. The van der Waals surface area contributed by atoms with Gasteiger partial charge in [-0.3, -0.25) is 9.59 Å². The maximum Gasteiger partial charge on any atom is 0.244 e. The van der Waals surface area contributed by atoms with Gasteiger partial charge in [-0.05, 0) is 61.9 Å². The fraction of sp³-hybridized carbons (Fsp3) is 0.179.